The molecule has 1 aromatic rings. The fourth-order valence-corrected chi connectivity index (χ4v) is 1.26. The first-order valence-electron chi connectivity index (χ1n) is 6.18. The van der Waals surface area contributed by atoms with E-state index in [2.05, 4.69) is 4.99 Å². The number of hydrogen-bond acceptors (Lipinski definition) is 2. The van der Waals surface area contributed by atoms with Crippen LogP contribution in [0, 0.1) is 5.41 Å². The zero-order valence-electron chi connectivity index (χ0n) is 11.6. The summed E-state index contributed by atoms with van der Waals surface area (Å²) in [6.07, 6.45) is 9.25. The Labute approximate surface area is 110 Å². The third-order valence-corrected chi connectivity index (χ3v) is 2.15. The number of nitrogens with one attached hydrogen (secondary N) is 1. The molecule has 0 aliphatic heterocycles. The second kappa shape index (κ2) is 10.2. The van der Waals surface area contributed by atoms with Crippen LogP contribution in [0.4, 0.5) is 0 Å². The van der Waals surface area contributed by atoms with Gasteiger partial charge in [-0.25, -0.2) is 0 Å². The van der Waals surface area contributed by atoms with Crippen LogP contribution in [0.2, 0.25) is 0 Å². The van der Waals surface area contributed by atoms with Crippen molar-refractivity contribution in [3.63, 3.8) is 0 Å². The van der Waals surface area contributed by atoms with E-state index < -0.39 is 0 Å². The molecule has 0 fully saturated rings. The Hall–Kier alpha value is -1.96. The van der Waals surface area contributed by atoms with Gasteiger partial charge in [0.25, 0.3) is 0 Å². The van der Waals surface area contributed by atoms with Gasteiger partial charge in [0.1, 0.15) is 0 Å². The van der Waals surface area contributed by atoms with Crippen molar-refractivity contribution in [3.05, 3.63) is 53.6 Å². The number of hydrogen-bond donors (Lipinski definition) is 1. The average molecular weight is 242 g/mol. The molecule has 0 radical (unpaired) electrons. The van der Waals surface area contributed by atoms with Crippen LogP contribution in [0.3, 0.4) is 0 Å². The molecule has 1 rings (SSSR count). The Morgan fingerprint density at radius 1 is 1.06 bits per heavy atom. The second-order valence-corrected chi connectivity index (χ2v) is 3.29. The maximum atomic E-state index is 7.10. The standard InChI is InChI=1S/C14H16N2.C2H6/c1-3-4-14(16-2)10-9-12-5-7-13(11-15)8-6-12;1-2/h3-11,15H,1-2H3;1-2H3/b4-3-,10-9+,15-11?,16-14?;. The van der Waals surface area contributed by atoms with E-state index in [4.69, 9.17) is 5.41 Å². The van der Waals surface area contributed by atoms with Crippen molar-refractivity contribution in [1.29, 1.82) is 5.41 Å². The molecule has 0 aliphatic carbocycles. The third kappa shape index (κ3) is 5.94. The molecule has 0 saturated heterocycles. The fraction of sp³-hybridized carbons (Fsp3) is 0.250. The van der Waals surface area contributed by atoms with E-state index in [-0.39, 0.29) is 0 Å². The SMILES string of the molecule is C/C=C\C(/C=C/c1ccc(C=N)cc1)=NC.CC. The molecule has 0 aliphatic rings. The number of benzene rings is 1. The Morgan fingerprint density at radius 2 is 1.61 bits per heavy atom. The van der Waals surface area contributed by atoms with Gasteiger partial charge in [-0.05, 0) is 30.2 Å². The van der Waals surface area contributed by atoms with Crippen LogP contribution in [0.25, 0.3) is 6.08 Å². The van der Waals surface area contributed by atoms with Crippen LogP contribution < -0.4 is 0 Å². The molecule has 96 valence electrons. The summed E-state index contributed by atoms with van der Waals surface area (Å²) in [7, 11) is 1.78. The highest BCUT2D eigenvalue weighted by Crippen LogP contribution is 2.04. The third-order valence-electron chi connectivity index (χ3n) is 2.15. The quantitative estimate of drug-likeness (QED) is 0.761. The van der Waals surface area contributed by atoms with Crippen molar-refractivity contribution in [2.24, 2.45) is 4.99 Å². The van der Waals surface area contributed by atoms with Gasteiger partial charge in [0.05, 0.1) is 5.71 Å². The van der Waals surface area contributed by atoms with Gasteiger partial charge in [-0.3, -0.25) is 4.99 Å². The Morgan fingerprint density at radius 3 is 2.06 bits per heavy atom. The summed E-state index contributed by atoms with van der Waals surface area (Å²) in [5.74, 6) is 0. The normalized spacial score (nSPS) is 11.4. The smallest absolute Gasteiger partial charge is 0.0567 e. The summed E-state index contributed by atoms with van der Waals surface area (Å²) in [6, 6.07) is 7.82. The van der Waals surface area contributed by atoms with E-state index in [1.165, 1.54) is 6.21 Å². The van der Waals surface area contributed by atoms with Crippen LogP contribution >= 0.6 is 0 Å². The van der Waals surface area contributed by atoms with Gasteiger partial charge in [-0.1, -0.05) is 50.3 Å². The largest absolute Gasteiger partial charge is 0.308 e. The Kier molecular flexibility index (Phi) is 9.10. The fourth-order valence-electron chi connectivity index (χ4n) is 1.26. The zero-order chi connectivity index (χ0) is 13.8. The maximum Gasteiger partial charge on any atom is 0.0567 e. The van der Waals surface area contributed by atoms with E-state index in [0.717, 1.165) is 16.8 Å². The molecule has 18 heavy (non-hydrogen) atoms. The molecule has 1 N–H and O–H groups in total. The molecule has 2 nitrogen and oxygen atoms in total. The first-order chi connectivity index (χ1) is 8.80. The van der Waals surface area contributed by atoms with E-state index in [9.17, 15) is 0 Å². The van der Waals surface area contributed by atoms with Gasteiger partial charge in [-0.2, -0.15) is 0 Å². The molecule has 0 aromatic heterocycles. The number of aliphatic imine (C=N–C) groups is 1. The van der Waals surface area contributed by atoms with Crippen molar-refractivity contribution in [2.75, 3.05) is 7.05 Å². The highest BCUT2D eigenvalue weighted by molar-refractivity contribution is 6.06. The highest BCUT2D eigenvalue weighted by Gasteiger charge is 1.89. The molecule has 0 spiro atoms. The average Bonchev–Trinajstić information content (AvgIpc) is 2.46. The first kappa shape index (κ1) is 16.0. The molecule has 2 heteroatoms. The molecular weight excluding hydrogens is 220 g/mol. The van der Waals surface area contributed by atoms with Gasteiger partial charge in [0, 0.05) is 13.3 Å². The lowest BCUT2D eigenvalue weighted by molar-refractivity contribution is 1.45. The minimum Gasteiger partial charge on any atom is -0.308 e. The van der Waals surface area contributed by atoms with Gasteiger partial charge >= 0.3 is 0 Å². The minimum absolute atomic E-state index is 0.912. The van der Waals surface area contributed by atoms with Crippen molar-refractivity contribution in [2.45, 2.75) is 20.8 Å². The summed E-state index contributed by atoms with van der Waals surface area (Å²) >= 11 is 0. The van der Waals surface area contributed by atoms with Crippen LogP contribution in [-0.4, -0.2) is 19.0 Å². The van der Waals surface area contributed by atoms with E-state index in [1.807, 2.05) is 69.3 Å². The molecule has 0 bridgehead atoms. The summed E-state index contributed by atoms with van der Waals surface area (Å²) < 4.78 is 0. The van der Waals surface area contributed by atoms with Crippen LogP contribution in [0.15, 0.2) is 47.5 Å². The molecule has 0 atom stereocenters. The molecule has 0 amide bonds. The Balaban J connectivity index is 0.00000137. The van der Waals surface area contributed by atoms with E-state index in [0.29, 0.717) is 0 Å². The molecule has 0 heterocycles. The lowest BCUT2D eigenvalue weighted by Crippen LogP contribution is -1.86. The van der Waals surface area contributed by atoms with Crippen LogP contribution in [-0.2, 0) is 0 Å². The maximum absolute atomic E-state index is 7.10. The second-order valence-electron chi connectivity index (χ2n) is 3.29. The molecule has 1 aromatic carbocycles. The minimum atomic E-state index is 0.912. The predicted molar refractivity (Wildman–Crippen MR) is 82.9 cm³/mol. The zero-order valence-corrected chi connectivity index (χ0v) is 11.6. The van der Waals surface area contributed by atoms with Crippen molar-refractivity contribution < 1.29 is 0 Å². The lowest BCUT2D eigenvalue weighted by Gasteiger charge is -1.95. The van der Waals surface area contributed by atoms with Crippen LogP contribution in [0.1, 0.15) is 31.9 Å². The number of nitrogens with zero attached hydrogens (tertiary/aromatic N) is 1. The number of rotatable bonds is 4. The van der Waals surface area contributed by atoms with Crippen LogP contribution in [0.5, 0.6) is 0 Å². The van der Waals surface area contributed by atoms with E-state index >= 15 is 0 Å². The van der Waals surface area contributed by atoms with Crippen molar-refractivity contribution >= 4 is 18.0 Å². The summed E-state index contributed by atoms with van der Waals surface area (Å²) in [5, 5.41) is 7.10. The summed E-state index contributed by atoms with van der Waals surface area (Å²) in [6.45, 7) is 5.97. The Bertz CT molecular complexity index is 423. The molecular formula is C16H22N2. The van der Waals surface area contributed by atoms with Gasteiger partial charge in [0.15, 0.2) is 0 Å². The number of allylic oxidation sites excluding steroid dienone is 3. The molecule has 0 unspecified atom stereocenters. The van der Waals surface area contributed by atoms with Gasteiger partial charge in [-0.15, -0.1) is 0 Å². The summed E-state index contributed by atoms with van der Waals surface area (Å²) in [5.41, 5.74) is 2.96. The monoisotopic (exact) mass is 242 g/mol. The topological polar surface area (TPSA) is 36.2 Å². The molecule has 0 saturated carbocycles. The predicted octanol–water partition coefficient (Wildman–Crippen LogP) is 4.37. The van der Waals surface area contributed by atoms with Gasteiger partial charge < -0.3 is 5.41 Å². The lowest BCUT2D eigenvalue weighted by atomic mass is 10.1. The highest BCUT2D eigenvalue weighted by atomic mass is 14.7. The van der Waals surface area contributed by atoms with E-state index in [1.54, 1.807) is 7.05 Å². The van der Waals surface area contributed by atoms with Crippen molar-refractivity contribution in [3.8, 4) is 0 Å². The first-order valence-corrected chi connectivity index (χ1v) is 6.18. The van der Waals surface area contributed by atoms with Crippen molar-refractivity contribution in [1.82, 2.24) is 0 Å². The van der Waals surface area contributed by atoms with Gasteiger partial charge in [0.2, 0.25) is 0 Å². The summed E-state index contributed by atoms with van der Waals surface area (Å²) in [4.78, 5) is 4.13.